The smallest absolute Gasteiger partial charge is 0.314 e. The largest absolute Gasteiger partial charge is 0.379 e. The highest BCUT2D eigenvalue weighted by molar-refractivity contribution is 6.21. The average Bonchev–Trinajstić information content (AvgIpc) is 2.88. The molecule has 0 fully saturated rings. The number of fused-ring (bicyclic) bond motifs is 1. The maximum Gasteiger partial charge on any atom is 0.314 e. The predicted molar refractivity (Wildman–Crippen MR) is 100 cm³/mol. The predicted octanol–water partition coefficient (Wildman–Crippen LogP) is 1.70. The molecule has 1 aliphatic heterocycles. The van der Waals surface area contributed by atoms with Crippen LogP contribution in [0.5, 0.6) is 0 Å². The van der Waals surface area contributed by atoms with Crippen LogP contribution < -0.4 is 10.6 Å². The summed E-state index contributed by atoms with van der Waals surface area (Å²) < 4.78 is 5.37. The molecule has 0 unspecified atom stereocenters. The van der Waals surface area contributed by atoms with Crippen LogP contribution in [0, 0.1) is 10.1 Å². The van der Waals surface area contributed by atoms with Gasteiger partial charge in [0.1, 0.15) is 0 Å². The zero-order valence-corrected chi connectivity index (χ0v) is 15.9. The normalized spacial score (nSPS) is 13.0. The highest BCUT2D eigenvalue weighted by atomic mass is 16.6. The van der Waals surface area contributed by atoms with Crippen LogP contribution in [0.25, 0.3) is 0 Å². The molecule has 0 saturated carbocycles. The number of rotatable bonds is 10. The van der Waals surface area contributed by atoms with E-state index in [4.69, 9.17) is 4.74 Å². The van der Waals surface area contributed by atoms with E-state index in [0.717, 1.165) is 11.0 Å². The first-order valence-electron chi connectivity index (χ1n) is 9.09. The van der Waals surface area contributed by atoms with Gasteiger partial charge in [0.15, 0.2) is 0 Å². The summed E-state index contributed by atoms with van der Waals surface area (Å²) >= 11 is 0. The molecule has 1 aromatic rings. The number of carbonyl (C=O) groups excluding carboxylic acids is 3. The van der Waals surface area contributed by atoms with E-state index in [9.17, 15) is 24.5 Å². The second-order valence-corrected chi connectivity index (χ2v) is 6.56. The first-order chi connectivity index (χ1) is 13.3. The molecule has 152 valence electrons. The molecule has 0 spiro atoms. The van der Waals surface area contributed by atoms with Gasteiger partial charge in [0.05, 0.1) is 22.2 Å². The quantitative estimate of drug-likeness (QED) is 0.270. The number of benzene rings is 1. The maximum atomic E-state index is 12.3. The Bertz CT molecular complexity index is 764. The molecule has 0 bridgehead atoms. The number of urea groups is 1. The Hall–Kier alpha value is -3.01. The third kappa shape index (κ3) is 5.49. The second kappa shape index (κ2) is 9.79. The molecule has 2 N–H and O–H groups in total. The van der Waals surface area contributed by atoms with E-state index in [1.807, 2.05) is 13.8 Å². The van der Waals surface area contributed by atoms with Gasteiger partial charge in [0, 0.05) is 38.4 Å². The second-order valence-electron chi connectivity index (χ2n) is 6.56. The van der Waals surface area contributed by atoms with Crippen molar-refractivity contribution in [1.29, 1.82) is 0 Å². The fraction of sp³-hybridized carbons (Fsp3) is 0.500. The number of nitrogens with one attached hydrogen (secondary N) is 2. The number of hydrogen-bond donors (Lipinski definition) is 2. The Morgan fingerprint density at radius 1 is 1.14 bits per heavy atom. The molecular formula is C18H24N4O6. The van der Waals surface area contributed by atoms with E-state index in [-0.39, 0.29) is 42.0 Å². The van der Waals surface area contributed by atoms with E-state index in [0.29, 0.717) is 26.0 Å². The molecule has 28 heavy (non-hydrogen) atoms. The Balaban J connectivity index is 1.72. The van der Waals surface area contributed by atoms with Gasteiger partial charge < -0.3 is 15.4 Å². The molecule has 1 heterocycles. The summed E-state index contributed by atoms with van der Waals surface area (Å²) in [7, 11) is 0. The summed E-state index contributed by atoms with van der Waals surface area (Å²) in [4.78, 5) is 47.5. The lowest BCUT2D eigenvalue weighted by atomic mass is 10.1. The number of ether oxygens (including phenoxy) is 1. The van der Waals surface area contributed by atoms with Gasteiger partial charge in [0.2, 0.25) is 0 Å². The number of nitrogens with zero attached hydrogens (tertiary/aromatic N) is 2. The van der Waals surface area contributed by atoms with Crippen molar-refractivity contribution in [3.63, 3.8) is 0 Å². The van der Waals surface area contributed by atoms with Crippen molar-refractivity contribution < 1.29 is 24.0 Å². The van der Waals surface area contributed by atoms with Gasteiger partial charge in [-0.15, -0.1) is 0 Å². The topological polar surface area (TPSA) is 131 Å². The van der Waals surface area contributed by atoms with Gasteiger partial charge in [-0.3, -0.25) is 24.6 Å². The third-order valence-corrected chi connectivity index (χ3v) is 4.07. The van der Waals surface area contributed by atoms with Crippen molar-refractivity contribution in [3.8, 4) is 0 Å². The number of non-ortho nitro benzene ring substituents is 1. The van der Waals surface area contributed by atoms with E-state index < -0.39 is 16.7 Å². The number of imide groups is 1. The minimum Gasteiger partial charge on any atom is -0.379 e. The van der Waals surface area contributed by atoms with Crippen molar-refractivity contribution in [1.82, 2.24) is 15.5 Å². The van der Waals surface area contributed by atoms with Gasteiger partial charge in [-0.25, -0.2) is 4.79 Å². The van der Waals surface area contributed by atoms with E-state index in [1.54, 1.807) is 0 Å². The first-order valence-corrected chi connectivity index (χ1v) is 9.09. The van der Waals surface area contributed by atoms with Crippen molar-refractivity contribution in [3.05, 3.63) is 39.4 Å². The fourth-order valence-electron chi connectivity index (χ4n) is 2.69. The average molecular weight is 392 g/mol. The molecule has 4 amide bonds. The summed E-state index contributed by atoms with van der Waals surface area (Å²) in [5, 5.41) is 16.2. The number of carbonyl (C=O) groups is 3. The van der Waals surface area contributed by atoms with Crippen LogP contribution in [0.4, 0.5) is 10.5 Å². The van der Waals surface area contributed by atoms with Crippen LogP contribution in [0.1, 0.15) is 47.4 Å². The fourth-order valence-corrected chi connectivity index (χ4v) is 2.69. The lowest BCUT2D eigenvalue weighted by molar-refractivity contribution is -0.384. The summed E-state index contributed by atoms with van der Waals surface area (Å²) in [6, 6.07) is 3.28. The van der Waals surface area contributed by atoms with Crippen LogP contribution in [-0.2, 0) is 4.74 Å². The minimum atomic E-state index is -0.613. The Labute approximate surface area is 162 Å². The minimum absolute atomic E-state index is 0.0357. The summed E-state index contributed by atoms with van der Waals surface area (Å²) in [5.74, 6) is -1.04. The van der Waals surface area contributed by atoms with Gasteiger partial charge in [-0.05, 0) is 32.8 Å². The Kier molecular flexibility index (Phi) is 7.44. The number of hydrogen-bond acceptors (Lipinski definition) is 6. The lowest BCUT2D eigenvalue weighted by Crippen LogP contribution is -2.38. The molecule has 0 radical (unpaired) electrons. The molecule has 0 atom stereocenters. The van der Waals surface area contributed by atoms with Crippen molar-refractivity contribution in [2.24, 2.45) is 0 Å². The van der Waals surface area contributed by atoms with Gasteiger partial charge >= 0.3 is 6.03 Å². The zero-order chi connectivity index (χ0) is 20.7. The molecule has 1 aliphatic rings. The van der Waals surface area contributed by atoms with Gasteiger partial charge in [0.25, 0.3) is 17.5 Å². The molecule has 1 aromatic carbocycles. The molecule has 0 saturated heterocycles. The monoisotopic (exact) mass is 392 g/mol. The molecule has 10 heteroatoms. The standard InChI is InChI=1S/C18H24N4O6/c1-12(2)28-10-4-8-20-18(25)19-7-3-9-21-16(23)14-6-5-13(22(26)27)11-15(14)17(21)24/h5-6,11-12H,3-4,7-10H2,1-2H3,(H2,19,20,25). The van der Waals surface area contributed by atoms with Crippen molar-refractivity contribution >= 4 is 23.5 Å². The third-order valence-electron chi connectivity index (χ3n) is 4.07. The van der Waals surface area contributed by atoms with Crippen LogP contribution >= 0.6 is 0 Å². The highest BCUT2D eigenvalue weighted by Gasteiger charge is 2.36. The maximum absolute atomic E-state index is 12.3. The van der Waals surface area contributed by atoms with Gasteiger partial charge in [-0.1, -0.05) is 0 Å². The first kappa shape index (κ1) is 21.3. The number of amides is 4. The van der Waals surface area contributed by atoms with Crippen LogP contribution in [0.2, 0.25) is 0 Å². The number of nitro groups is 1. The van der Waals surface area contributed by atoms with Gasteiger partial charge in [-0.2, -0.15) is 0 Å². The number of nitro benzene ring substituents is 1. The van der Waals surface area contributed by atoms with Crippen molar-refractivity contribution in [2.45, 2.75) is 32.8 Å². The Morgan fingerprint density at radius 3 is 2.43 bits per heavy atom. The molecule has 2 rings (SSSR count). The summed E-state index contributed by atoms with van der Waals surface area (Å²) in [6.07, 6.45) is 1.23. The summed E-state index contributed by atoms with van der Waals surface area (Å²) in [5.41, 5.74) is -0.0441. The van der Waals surface area contributed by atoms with E-state index in [1.165, 1.54) is 12.1 Å². The molecule has 10 nitrogen and oxygen atoms in total. The zero-order valence-electron chi connectivity index (χ0n) is 15.9. The SMILES string of the molecule is CC(C)OCCCNC(=O)NCCCN1C(=O)c2ccc([N+](=O)[O-])cc2C1=O. The molecule has 0 aliphatic carbocycles. The van der Waals surface area contributed by atoms with E-state index in [2.05, 4.69) is 10.6 Å². The Morgan fingerprint density at radius 2 is 1.79 bits per heavy atom. The van der Waals surface area contributed by atoms with E-state index >= 15 is 0 Å². The molecular weight excluding hydrogens is 368 g/mol. The summed E-state index contributed by atoms with van der Waals surface area (Å²) in [6.45, 7) is 5.32. The van der Waals surface area contributed by atoms with Crippen LogP contribution in [-0.4, -0.2) is 60.0 Å². The van der Waals surface area contributed by atoms with Crippen LogP contribution in [0.15, 0.2) is 18.2 Å². The molecule has 0 aromatic heterocycles. The lowest BCUT2D eigenvalue weighted by Gasteiger charge is -2.14. The highest BCUT2D eigenvalue weighted by Crippen LogP contribution is 2.26. The van der Waals surface area contributed by atoms with Crippen molar-refractivity contribution in [2.75, 3.05) is 26.2 Å². The van der Waals surface area contributed by atoms with Crippen LogP contribution in [0.3, 0.4) is 0 Å².